The Morgan fingerprint density at radius 1 is 1.19 bits per heavy atom. The lowest BCUT2D eigenvalue weighted by Crippen LogP contribution is -2.04. The molecule has 0 aliphatic rings. The largest absolute Gasteiger partial charge is 0.325 e. The molecule has 11 heteroatoms. The first-order valence-corrected chi connectivity index (χ1v) is 11.5. The third-order valence-electron chi connectivity index (χ3n) is 3.65. The van der Waals surface area contributed by atoms with Crippen LogP contribution in [-0.4, -0.2) is 37.9 Å². The second kappa shape index (κ2) is 6.58. The van der Waals surface area contributed by atoms with Gasteiger partial charge < -0.3 is 5.73 Å². The van der Waals surface area contributed by atoms with Crippen molar-refractivity contribution in [2.75, 3.05) is 6.26 Å². The van der Waals surface area contributed by atoms with Crippen molar-refractivity contribution >= 4 is 31.0 Å². The van der Waals surface area contributed by atoms with Crippen LogP contribution in [0.3, 0.4) is 0 Å². The minimum absolute atomic E-state index is 0.0176. The Morgan fingerprint density at radius 2 is 1.92 bits per heavy atom. The molecule has 3 aromatic rings. The lowest BCUT2D eigenvalue weighted by molar-refractivity contribution is 0.595. The second-order valence-corrected chi connectivity index (χ2v) is 10.9. The van der Waals surface area contributed by atoms with Gasteiger partial charge in [0.15, 0.2) is 9.84 Å². The van der Waals surface area contributed by atoms with E-state index >= 15 is 0 Å². The maximum Gasteiger partial charge on any atom is 0.217 e. The summed E-state index contributed by atoms with van der Waals surface area (Å²) < 4.78 is 51.5. The van der Waals surface area contributed by atoms with Gasteiger partial charge in [0.25, 0.3) is 0 Å². The highest BCUT2D eigenvalue weighted by molar-refractivity contribution is 7.93. The van der Waals surface area contributed by atoms with Crippen LogP contribution < -0.4 is 5.73 Å². The van der Waals surface area contributed by atoms with Crippen LogP contribution in [0.1, 0.15) is 5.01 Å². The molecule has 2 heterocycles. The molecule has 0 aliphatic carbocycles. The van der Waals surface area contributed by atoms with Gasteiger partial charge in [0.1, 0.15) is 9.22 Å². The maximum absolute atomic E-state index is 12.9. The molecule has 0 saturated heterocycles. The van der Waals surface area contributed by atoms with Crippen LogP contribution >= 0.6 is 11.3 Å². The molecule has 0 atom stereocenters. The van der Waals surface area contributed by atoms with Crippen molar-refractivity contribution in [3.8, 4) is 11.1 Å². The average Bonchev–Trinajstić information content (AvgIpc) is 3.22. The van der Waals surface area contributed by atoms with Crippen molar-refractivity contribution in [2.24, 2.45) is 12.8 Å². The van der Waals surface area contributed by atoms with Crippen LogP contribution in [0.4, 0.5) is 0 Å². The normalized spacial score (nSPS) is 12.4. The fourth-order valence-corrected chi connectivity index (χ4v) is 5.79. The zero-order valence-electron chi connectivity index (χ0n) is 13.9. The van der Waals surface area contributed by atoms with E-state index in [1.54, 1.807) is 13.2 Å². The summed E-state index contributed by atoms with van der Waals surface area (Å²) in [7, 11) is -5.70. The summed E-state index contributed by atoms with van der Waals surface area (Å²) in [5, 5.41) is 4.53. The molecule has 0 saturated carbocycles. The summed E-state index contributed by atoms with van der Waals surface area (Å²) in [5.41, 5.74) is 6.29. The van der Waals surface area contributed by atoms with E-state index in [1.165, 1.54) is 35.3 Å². The van der Waals surface area contributed by atoms with E-state index in [4.69, 9.17) is 5.73 Å². The van der Waals surface area contributed by atoms with Gasteiger partial charge in [-0.3, -0.25) is 4.68 Å². The molecular formula is C15H16N4O4S3. The number of nitrogens with zero attached hydrogens (tertiary/aromatic N) is 3. The van der Waals surface area contributed by atoms with Gasteiger partial charge in [-0.05, 0) is 18.2 Å². The summed E-state index contributed by atoms with van der Waals surface area (Å²) in [5.74, 6) is 0. The smallest absolute Gasteiger partial charge is 0.217 e. The van der Waals surface area contributed by atoms with Crippen molar-refractivity contribution in [1.29, 1.82) is 0 Å². The topological polar surface area (TPSA) is 125 Å². The first-order chi connectivity index (χ1) is 12.1. The predicted octanol–water partition coefficient (Wildman–Crippen LogP) is 1.24. The quantitative estimate of drug-likeness (QED) is 0.668. The molecule has 0 spiro atoms. The second-order valence-electron chi connectivity index (χ2n) is 5.61. The lowest BCUT2D eigenvalue weighted by Gasteiger charge is -2.09. The third-order valence-corrected chi connectivity index (χ3v) is 8.04. The van der Waals surface area contributed by atoms with Gasteiger partial charge in [0.05, 0.1) is 22.2 Å². The van der Waals surface area contributed by atoms with Crippen LogP contribution in [0.15, 0.2) is 50.8 Å². The fraction of sp³-hybridized carbons (Fsp3) is 0.200. The molecule has 8 nitrogen and oxygen atoms in total. The highest BCUT2D eigenvalue weighted by Gasteiger charge is 2.24. The third kappa shape index (κ3) is 3.43. The summed E-state index contributed by atoms with van der Waals surface area (Å²) in [6.45, 7) is 0.147. The maximum atomic E-state index is 12.9. The first-order valence-electron chi connectivity index (χ1n) is 7.36. The summed E-state index contributed by atoms with van der Waals surface area (Å²) in [4.78, 5) is 3.99. The van der Waals surface area contributed by atoms with E-state index in [1.807, 2.05) is 0 Å². The zero-order valence-corrected chi connectivity index (χ0v) is 16.4. The van der Waals surface area contributed by atoms with E-state index in [0.717, 1.165) is 17.6 Å². The number of thiazole rings is 1. The lowest BCUT2D eigenvalue weighted by atomic mass is 10.1. The summed E-state index contributed by atoms with van der Waals surface area (Å²) >= 11 is 0.991. The molecule has 1 aromatic carbocycles. The first kappa shape index (κ1) is 18.7. The molecule has 138 valence electrons. The summed E-state index contributed by atoms with van der Waals surface area (Å²) in [6.07, 6.45) is 5.45. The van der Waals surface area contributed by atoms with Crippen molar-refractivity contribution in [3.05, 3.63) is 41.8 Å². The molecule has 2 aromatic heterocycles. The highest BCUT2D eigenvalue weighted by atomic mass is 32.2. The van der Waals surface area contributed by atoms with Crippen LogP contribution in [0.25, 0.3) is 11.1 Å². The number of sulfone groups is 2. The molecule has 26 heavy (non-hydrogen) atoms. The van der Waals surface area contributed by atoms with E-state index in [2.05, 4.69) is 10.1 Å². The Balaban J connectivity index is 2.21. The van der Waals surface area contributed by atoms with Crippen molar-refractivity contribution in [2.45, 2.75) is 20.5 Å². The minimum atomic E-state index is -3.84. The van der Waals surface area contributed by atoms with Crippen LogP contribution in [0, 0.1) is 0 Å². The Labute approximate surface area is 155 Å². The molecular weight excluding hydrogens is 396 g/mol. The van der Waals surface area contributed by atoms with Gasteiger partial charge in [0.2, 0.25) is 9.84 Å². The van der Waals surface area contributed by atoms with Gasteiger partial charge in [-0.2, -0.15) is 5.10 Å². The highest BCUT2D eigenvalue weighted by Crippen LogP contribution is 2.33. The van der Waals surface area contributed by atoms with E-state index in [0.29, 0.717) is 10.6 Å². The SMILES string of the molecule is Cn1cc(-c2cc(S(=O)(=O)c3cnc(CN)s3)ccc2S(C)(=O)=O)cn1. The zero-order chi connectivity index (χ0) is 19.1. The molecule has 0 unspecified atom stereocenters. The van der Waals surface area contributed by atoms with Gasteiger partial charge in [-0.1, -0.05) is 0 Å². The van der Waals surface area contributed by atoms with Crippen molar-refractivity contribution < 1.29 is 16.8 Å². The molecule has 3 rings (SSSR count). The number of hydrogen-bond acceptors (Lipinski definition) is 8. The number of aryl methyl sites for hydroxylation is 1. The number of hydrogen-bond donors (Lipinski definition) is 1. The Bertz CT molecular complexity index is 1180. The van der Waals surface area contributed by atoms with E-state index in [9.17, 15) is 16.8 Å². The van der Waals surface area contributed by atoms with Crippen LogP contribution in [0.5, 0.6) is 0 Å². The number of benzene rings is 1. The van der Waals surface area contributed by atoms with Crippen LogP contribution in [0.2, 0.25) is 0 Å². The molecule has 0 fully saturated rings. The number of aromatic nitrogens is 3. The monoisotopic (exact) mass is 412 g/mol. The number of rotatable bonds is 5. The predicted molar refractivity (Wildman–Crippen MR) is 97.2 cm³/mol. The van der Waals surface area contributed by atoms with Gasteiger partial charge in [-0.25, -0.2) is 21.8 Å². The molecule has 2 N–H and O–H groups in total. The molecule has 0 radical (unpaired) electrons. The van der Waals surface area contributed by atoms with Gasteiger partial charge >= 0.3 is 0 Å². The van der Waals surface area contributed by atoms with Crippen LogP contribution in [-0.2, 0) is 33.3 Å². The standard InChI is InChI=1S/C15H16N4O4S3/c1-19-9-10(7-18-19)12-5-11(3-4-13(12)25(2,20)21)26(22,23)15-8-17-14(6-16)24-15/h3-5,7-9H,6,16H2,1-2H3. The van der Waals surface area contributed by atoms with Gasteiger partial charge in [0, 0.05) is 37.2 Å². The molecule has 0 aliphatic heterocycles. The summed E-state index contributed by atoms with van der Waals surface area (Å²) in [6, 6.07) is 3.94. The Hall–Kier alpha value is -2.08. The van der Waals surface area contributed by atoms with Crippen molar-refractivity contribution in [1.82, 2.24) is 14.8 Å². The number of nitrogens with two attached hydrogens (primary N) is 1. The minimum Gasteiger partial charge on any atom is -0.325 e. The van der Waals surface area contributed by atoms with Crippen molar-refractivity contribution in [3.63, 3.8) is 0 Å². The van der Waals surface area contributed by atoms with E-state index < -0.39 is 19.7 Å². The van der Waals surface area contributed by atoms with Gasteiger partial charge in [-0.15, -0.1) is 11.3 Å². The Kier molecular flexibility index (Phi) is 4.73. The Morgan fingerprint density at radius 3 is 2.46 bits per heavy atom. The molecule has 0 amide bonds. The molecule has 0 bridgehead atoms. The average molecular weight is 413 g/mol. The fourth-order valence-electron chi connectivity index (χ4n) is 2.41. The van der Waals surface area contributed by atoms with E-state index in [-0.39, 0.29) is 26.1 Å².